The summed E-state index contributed by atoms with van der Waals surface area (Å²) in [7, 11) is 0. The number of halogens is 1. The van der Waals surface area contributed by atoms with Gasteiger partial charge in [0.25, 0.3) is 0 Å². The summed E-state index contributed by atoms with van der Waals surface area (Å²) in [6.07, 6.45) is 1.84. The van der Waals surface area contributed by atoms with Gasteiger partial charge in [-0.3, -0.25) is 0 Å². The van der Waals surface area contributed by atoms with E-state index >= 15 is 0 Å². The Morgan fingerprint density at radius 3 is 2.55 bits per heavy atom. The summed E-state index contributed by atoms with van der Waals surface area (Å²) in [5, 5.41) is 7.56. The molecule has 1 saturated heterocycles. The van der Waals surface area contributed by atoms with Gasteiger partial charge < -0.3 is 20.1 Å². The topological polar surface area (TPSA) is 70.9 Å². The van der Waals surface area contributed by atoms with Crippen LogP contribution in [0.2, 0.25) is 5.02 Å². The van der Waals surface area contributed by atoms with Crippen LogP contribution in [0.5, 0.6) is 0 Å². The molecule has 158 valence electrons. The van der Waals surface area contributed by atoms with Crippen LogP contribution in [0.1, 0.15) is 11.1 Å². The van der Waals surface area contributed by atoms with Crippen LogP contribution in [0.3, 0.4) is 0 Å². The van der Waals surface area contributed by atoms with E-state index in [-0.39, 0.29) is 0 Å². The molecule has 0 radical (unpaired) electrons. The Morgan fingerprint density at radius 1 is 0.968 bits per heavy atom. The van der Waals surface area contributed by atoms with E-state index in [1.807, 2.05) is 48.8 Å². The molecule has 0 bridgehead atoms. The van der Waals surface area contributed by atoms with Crippen LogP contribution in [0, 0.1) is 0 Å². The van der Waals surface area contributed by atoms with Crippen molar-refractivity contribution in [2.24, 2.45) is 0 Å². The average Bonchev–Trinajstić information content (AvgIpc) is 3.22. The van der Waals surface area contributed by atoms with E-state index in [0.717, 1.165) is 59.7 Å². The zero-order chi connectivity index (χ0) is 21.0. The van der Waals surface area contributed by atoms with Crippen molar-refractivity contribution in [2.45, 2.75) is 13.1 Å². The van der Waals surface area contributed by atoms with Gasteiger partial charge in [-0.1, -0.05) is 60.1 Å². The summed E-state index contributed by atoms with van der Waals surface area (Å²) in [6, 6.07) is 18.2. The summed E-state index contributed by atoms with van der Waals surface area (Å²) < 4.78 is 2.08. The number of nitrogens with one attached hydrogen (secondary N) is 2. The third-order valence-corrected chi connectivity index (χ3v) is 5.82. The van der Waals surface area contributed by atoms with Gasteiger partial charge in [-0.25, -0.2) is 4.98 Å². The quantitative estimate of drug-likeness (QED) is 0.484. The first-order valence-corrected chi connectivity index (χ1v) is 10.9. The molecule has 8 heteroatoms. The molecule has 2 aromatic carbocycles. The molecule has 0 spiro atoms. The fraction of sp³-hybridized carbons (Fsp3) is 0.261. The van der Waals surface area contributed by atoms with Crippen molar-refractivity contribution in [3.63, 3.8) is 0 Å². The van der Waals surface area contributed by atoms with Gasteiger partial charge in [0, 0.05) is 37.7 Å². The molecule has 0 atom stereocenters. The Hall–Kier alpha value is -3.16. The van der Waals surface area contributed by atoms with Crippen LogP contribution in [-0.2, 0) is 13.1 Å². The average molecular weight is 434 g/mol. The smallest absolute Gasteiger partial charge is 0.229 e. The van der Waals surface area contributed by atoms with Crippen molar-refractivity contribution < 1.29 is 0 Å². The molecule has 2 aromatic heterocycles. The normalized spacial score (nSPS) is 14.2. The predicted octanol–water partition coefficient (Wildman–Crippen LogP) is 3.55. The number of aromatic nitrogens is 4. The molecule has 2 N–H and O–H groups in total. The highest BCUT2D eigenvalue weighted by atomic mass is 35.5. The Bertz CT molecular complexity index is 1170. The minimum absolute atomic E-state index is 0.568. The van der Waals surface area contributed by atoms with Crippen molar-refractivity contribution in [3.05, 3.63) is 77.1 Å². The maximum atomic E-state index is 6.35. The van der Waals surface area contributed by atoms with Crippen LogP contribution in [0.4, 0.5) is 11.8 Å². The number of anilines is 2. The van der Waals surface area contributed by atoms with Gasteiger partial charge in [0.15, 0.2) is 17.0 Å². The lowest BCUT2D eigenvalue weighted by Crippen LogP contribution is -2.44. The monoisotopic (exact) mass is 433 g/mol. The van der Waals surface area contributed by atoms with E-state index in [0.29, 0.717) is 13.1 Å². The fourth-order valence-electron chi connectivity index (χ4n) is 3.78. The maximum absolute atomic E-state index is 6.35. The van der Waals surface area contributed by atoms with Crippen LogP contribution < -0.4 is 15.5 Å². The molecule has 4 aromatic rings. The fourth-order valence-corrected chi connectivity index (χ4v) is 3.98. The van der Waals surface area contributed by atoms with Crippen LogP contribution in [-0.4, -0.2) is 45.7 Å². The van der Waals surface area contributed by atoms with E-state index in [9.17, 15) is 0 Å². The number of hydrogen-bond acceptors (Lipinski definition) is 6. The lowest BCUT2D eigenvalue weighted by molar-refractivity contribution is 0.580. The zero-order valence-corrected chi connectivity index (χ0v) is 17.9. The Kier molecular flexibility index (Phi) is 5.69. The van der Waals surface area contributed by atoms with Gasteiger partial charge in [-0.2, -0.15) is 9.97 Å². The molecule has 5 rings (SSSR count). The molecule has 1 fully saturated rings. The molecule has 0 aliphatic carbocycles. The second kappa shape index (κ2) is 8.91. The maximum Gasteiger partial charge on any atom is 0.229 e. The molecule has 31 heavy (non-hydrogen) atoms. The van der Waals surface area contributed by atoms with E-state index < -0.39 is 0 Å². The van der Waals surface area contributed by atoms with Gasteiger partial charge in [-0.05, 0) is 17.2 Å². The first kappa shape index (κ1) is 19.8. The molecule has 1 aliphatic rings. The van der Waals surface area contributed by atoms with Crippen molar-refractivity contribution in [1.29, 1.82) is 0 Å². The molecule has 0 saturated carbocycles. The van der Waals surface area contributed by atoms with Gasteiger partial charge in [0.1, 0.15) is 0 Å². The third-order valence-electron chi connectivity index (χ3n) is 5.45. The zero-order valence-electron chi connectivity index (χ0n) is 17.1. The lowest BCUT2D eigenvalue weighted by Gasteiger charge is -2.27. The second-order valence-corrected chi connectivity index (χ2v) is 7.99. The highest BCUT2D eigenvalue weighted by Crippen LogP contribution is 2.25. The SMILES string of the molecule is Clc1ccccc1CNc1nc(N2CCNCC2)nc2c1ncn2Cc1ccccc1. The van der Waals surface area contributed by atoms with Crippen LogP contribution >= 0.6 is 11.6 Å². The molecule has 7 nitrogen and oxygen atoms in total. The predicted molar refractivity (Wildman–Crippen MR) is 125 cm³/mol. The van der Waals surface area contributed by atoms with Crippen molar-refractivity contribution >= 4 is 34.5 Å². The standard InChI is InChI=1S/C23H24ClN7/c24-19-9-5-4-8-18(19)14-26-21-20-22(29-23(28-21)30-12-10-25-11-13-30)31(16-27-20)15-17-6-2-1-3-7-17/h1-9,16,25H,10-15H2,(H,26,28,29). The Labute approximate surface area is 186 Å². The van der Waals surface area contributed by atoms with E-state index in [1.54, 1.807) is 0 Å². The molecule has 3 heterocycles. The van der Waals surface area contributed by atoms with Crippen molar-refractivity contribution in [3.8, 4) is 0 Å². The number of nitrogens with zero attached hydrogens (tertiary/aromatic N) is 5. The highest BCUT2D eigenvalue weighted by molar-refractivity contribution is 6.31. The van der Waals surface area contributed by atoms with Crippen molar-refractivity contribution in [2.75, 3.05) is 36.4 Å². The summed E-state index contributed by atoms with van der Waals surface area (Å²) >= 11 is 6.35. The largest absolute Gasteiger partial charge is 0.364 e. The number of rotatable bonds is 6. The highest BCUT2D eigenvalue weighted by Gasteiger charge is 2.19. The minimum atomic E-state index is 0.568. The third kappa shape index (κ3) is 4.33. The number of hydrogen-bond donors (Lipinski definition) is 2. The summed E-state index contributed by atoms with van der Waals surface area (Å²) in [5.41, 5.74) is 3.81. The molecule has 0 amide bonds. The first-order valence-electron chi connectivity index (χ1n) is 10.5. The lowest BCUT2D eigenvalue weighted by atomic mass is 10.2. The van der Waals surface area contributed by atoms with Crippen LogP contribution in [0.15, 0.2) is 60.9 Å². The van der Waals surface area contributed by atoms with E-state index in [2.05, 4.69) is 37.2 Å². The van der Waals surface area contributed by atoms with Gasteiger partial charge in [-0.15, -0.1) is 0 Å². The van der Waals surface area contributed by atoms with Gasteiger partial charge >= 0.3 is 0 Å². The Balaban J connectivity index is 1.52. The van der Waals surface area contributed by atoms with Gasteiger partial charge in [0.2, 0.25) is 5.95 Å². The number of imidazole rings is 1. The molecule has 0 unspecified atom stereocenters. The molecule has 1 aliphatic heterocycles. The summed E-state index contributed by atoms with van der Waals surface area (Å²) in [6.45, 7) is 4.88. The van der Waals surface area contributed by atoms with E-state index in [4.69, 9.17) is 21.6 Å². The Morgan fingerprint density at radius 2 is 1.74 bits per heavy atom. The first-order chi connectivity index (χ1) is 15.3. The number of piperazine rings is 1. The minimum Gasteiger partial charge on any atom is -0.364 e. The second-order valence-electron chi connectivity index (χ2n) is 7.58. The van der Waals surface area contributed by atoms with Crippen molar-refractivity contribution in [1.82, 2.24) is 24.8 Å². The summed E-state index contributed by atoms with van der Waals surface area (Å²) in [5.74, 6) is 1.45. The van der Waals surface area contributed by atoms with Crippen LogP contribution in [0.25, 0.3) is 11.2 Å². The number of fused-ring (bicyclic) bond motifs is 1. The molecular weight excluding hydrogens is 410 g/mol. The summed E-state index contributed by atoms with van der Waals surface area (Å²) in [4.78, 5) is 16.6. The van der Waals surface area contributed by atoms with Gasteiger partial charge in [0.05, 0.1) is 12.9 Å². The van der Waals surface area contributed by atoms with E-state index in [1.165, 1.54) is 5.56 Å². The molecular formula is C23H24ClN7. The number of benzene rings is 2.